The minimum absolute atomic E-state index is 0.678. The molecule has 0 aliphatic carbocycles. The van der Waals surface area contributed by atoms with Crippen molar-refractivity contribution < 1.29 is 0 Å². The van der Waals surface area contributed by atoms with Crippen LogP contribution in [0.15, 0.2) is 30.6 Å². The molecule has 2 rings (SSSR count). The third kappa shape index (κ3) is 2.50. The van der Waals surface area contributed by atoms with Gasteiger partial charge >= 0.3 is 0 Å². The van der Waals surface area contributed by atoms with Crippen molar-refractivity contribution in [2.24, 2.45) is 7.05 Å². The van der Waals surface area contributed by atoms with Gasteiger partial charge in [0.1, 0.15) is 5.82 Å². The second-order valence-corrected chi connectivity index (χ2v) is 3.60. The van der Waals surface area contributed by atoms with E-state index < -0.39 is 0 Å². The highest BCUT2D eigenvalue weighted by Gasteiger charge is 1.98. The largest absolute Gasteiger partial charge is 0.397 e. The minimum atomic E-state index is 0.678. The quantitative estimate of drug-likeness (QED) is 0.803. The third-order valence-corrected chi connectivity index (χ3v) is 2.40. The predicted molar refractivity (Wildman–Crippen MR) is 64.1 cm³/mol. The lowest BCUT2D eigenvalue weighted by Gasteiger charge is -2.05. The Labute approximate surface area is 94.3 Å². The summed E-state index contributed by atoms with van der Waals surface area (Å²) < 4.78 is 1.87. The number of hydrogen-bond acceptors (Lipinski definition) is 4. The van der Waals surface area contributed by atoms with Crippen molar-refractivity contribution in [2.45, 2.75) is 6.42 Å². The van der Waals surface area contributed by atoms with Gasteiger partial charge in [-0.2, -0.15) is 5.10 Å². The molecule has 0 bridgehead atoms. The van der Waals surface area contributed by atoms with E-state index in [1.165, 1.54) is 5.69 Å². The first-order chi connectivity index (χ1) is 7.75. The van der Waals surface area contributed by atoms with Gasteiger partial charge in [-0.05, 0) is 18.2 Å². The van der Waals surface area contributed by atoms with Crippen LogP contribution in [0, 0.1) is 0 Å². The van der Waals surface area contributed by atoms with Gasteiger partial charge < -0.3 is 11.1 Å². The lowest BCUT2D eigenvalue weighted by atomic mass is 10.3. The number of aromatic nitrogens is 3. The smallest absolute Gasteiger partial charge is 0.126 e. The number of hydrogen-bond donors (Lipinski definition) is 2. The summed E-state index contributed by atoms with van der Waals surface area (Å²) in [4.78, 5) is 4.16. The summed E-state index contributed by atoms with van der Waals surface area (Å²) in [5, 5.41) is 7.34. The molecule has 16 heavy (non-hydrogen) atoms. The van der Waals surface area contributed by atoms with Crippen LogP contribution in [0.25, 0.3) is 0 Å². The average molecular weight is 217 g/mol. The normalized spacial score (nSPS) is 10.3. The van der Waals surface area contributed by atoms with Crippen LogP contribution in [-0.2, 0) is 13.5 Å². The van der Waals surface area contributed by atoms with Gasteiger partial charge in [-0.15, -0.1) is 0 Å². The summed E-state index contributed by atoms with van der Waals surface area (Å²) in [6.45, 7) is 0.830. The van der Waals surface area contributed by atoms with E-state index in [9.17, 15) is 0 Å². The molecule has 0 fully saturated rings. The van der Waals surface area contributed by atoms with E-state index in [1.54, 1.807) is 12.4 Å². The number of anilines is 2. The summed E-state index contributed by atoms with van der Waals surface area (Å²) in [6, 6.07) is 5.72. The summed E-state index contributed by atoms with van der Waals surface area (Å²) in [5.41, 5.74) is 7.43. The summed E-state index contributed by atoms with van der Waals surface area (Å²) in [7, 11) is 1.94. The Hall–Kier alpha value is -2.04. The maximum absolute atomic E-state index is 5.55. The second-order valence-electron chi connectivity index (χ2n) is 3.60. The molecule has 2 aromatic rings. The molecule has 0 saturated heterocycles. The Balaban J connectivity index is 1.84. The van der Waals surface area contributed by atoms with Crippen LogP contribution in [0.3, 0.4) is 0 Å². The number of nitrogen functional groups attached to an aromatic ring is 1. The van der Waals surface area contributed by atoms with Crippen LogP contribution in [0.5, 0.6) is 0 Å². The number of pyridine rings is 1. The van der Waals surface area contributed by atoms with E-state index in [1.807, 2.05) is 29.9 Å². The molecule has 0 aromatic carbocycles. The Morgan fingerprint density at radius 3 is 2.88 bits per heavy atom. The average Bonchev–Trinajstić information content (AvgIpc) is 2.68. The highest BCUT2D eigenvalue weighted by atomic mass is 15.3. The Morgan fingerprint density at radius 2 is 2.25 bits per heavy atom. The summed E-state index contributed by atoms with van der Waals surface area (Å²) in [6.07, 6.45) is 4.37. The van der Waals surface area contributed by atoms with Crippen LogP contribution >= 0.6 is 0 Å². The highest BCUT2D eigenvalue weighted by molar-refractivity contribution is 5.43. The molecule has 0 spiro atoms. The molecule has 0 amide bonds. The van der Waals surface area contributed by atoms with Gasteiger partial charge in [0.15, 0.2) is 0 Å². The van der Waals surface area contributed by atoms with Crippen LogP contribution in [0.2, 0.25) is 0 Å². The molecule has 2 heterocycles. The zero-order valence-electron chi connectivity index (χ0n) is 9.22. The Bertz CT molecular complexity index is 446. The number of nitrogens with one attached hydrogen (secondary N) is 1. The highest BCUT2D eigenvalue weighted by Crippen LogP contribution is 2.06. The molecule has 5 heteroatoms. The standard InChI is InChI=1S/C11H15N5/c1-16-10(5-7-15-16)4-6-13-11-3-2-9(12)8-14-11/h2-3,5,7-8H,4,6,12H2,1H3,(H,13,14). The molecule has 0 radical (unpaired) electrons. The zero-order chi connectivity index (χ0) is 11.4. The number of aryl methyl sites for hydroxylation is 1. The summed E-state index contributed by atoms with van der Waals surface area (Å²) in [5.74, 6) is 0.844. The first-order valence-corrected chi connectivity index (χ1v) is 5.18. The molecule has 84 valence electrons. The van der Waals surface area contributed by atoms with E-state index in [2.05, 4.69) is 15.4 Å². The van der Waals surface area contributed by atoms with E-state index in [4.69, 9.17) is 5.73 Å². The van der Waals surface area contributed by atoms with Crippen molar-refractivity contribution in [1.82, 2.24) is 14.8 Å². The van der Waals surface area contributed by atoms with Crippen molar-refractivity contribution in [3.63, 3.8) is 0 Å². The van der Waals surface area contributed by atoms with Gasteiger partial charge in [0.25, 0.3) is 0 Å². The molecular formula is C11H15N5. The van der Waals surface area contributed by atoms with E-state index in [0.717, 1.165) is 18.8 Å². The Morgan fingerprint density at radius 1 is 1.38 bits per heavy atom. The van der Waals surface area contributed by atoms with Gasteiger partial charge in [0.05, 0.1) is 11.9 Å². The topological polar surface area (TPSA) is 68.8 Å². The molecule has 0 aliphatic heterocycles. The van der Waals surface area contributed by atoms with E-state index in [0.29, 0.717) is 5.69 Å². The van der Waals surface area contributed by atoms with Crippen LogP contribution < -0.4 is 11.1 Å². The first kappa shape index (κ1) is 10.5. The fourth-order valence-electron chi connectivity index (χ4n) is 1.48. The molecule has 0 saturated carbocycles. The van der Waals surface area contributed by atoms with E-state index >= 15 is 0 Å². The first-order valence-electron chi connectivity index (χ1n) is 5.18. The van der Waals surface area contributed by atoms with Crippen molar-refractivity contribution in [1.29, 1.82) is 0 Å². The molecular weight excluding hydrogens is 202 g/mol. The molecule has 5 nitrogen and oxygen atoms in total. The molecule has 2 aromatic heterocycles. The van der Waals surface area contributed by atoms with Crippen molar-refractivity contribution >= 4 is 11.5 Å². The van der Waals surface area contributed by atoms with Crippen molar-refractivity contribution in [3.8, 4) is 0 Å². The van der Waals surface area contributed by atoms with Crippen LogP contribution in [0.1, 0.15) is 5.69 Å². The predicted octanol–water partition coefficient (Wildman–Crippen LogP) is 1.05. The van der Waals surface area contributed by atoms with Gasteiger partial charge in [-0.3, -0.25) is 4.68 Å². The monoisotopic (exact) mass is 217 g/mol. The molecule has 0 unspecified atom stereocenters. The lowest BCUT2D eigenvalue weighted by molar-refractivity contribution is 0.711. The van der Waals surface area contributed by atoms with Gasteiger partial charge in [-0.25, -0.2) is 4.98 Å². The van der Waals surface area contributed by atoms with Crippen LogP contribution in [-0.4, -0.2) is 21.3 Å². The van der Waals surface area contributed by atoms with Crippen LogP contribution in [0.4, 0.5) is 11.5 Å². The SMILES string of the molecule is Cn1nccc1CCNc1ccc(N)cn1. The molecule has 3 N–H and O–H groups in total. The van der Waals surface area contributed by atoms with E-state index in [-0.39, 0.29) is 0 Å². The second kappa shape index (κ2) is 4.65. The fourth-order valence-corrected chi connectivity index (χ4v) is 1.48. The molecule has 0 atom stereocenters. The number of rotatable bonds is 4. The van der Waals surface area contributed by atoms with Crippen molar-refractivity contribution in [2.75, 3.05) is 17.6 Å². The van der Waals surface area contributed by atoms with Crippen molar-refractivity contribution in [3.05, 3.63) is 36.3 Å². The number of nitrogens with two attached hydrogens (primary N) is 1. The maximum atomic E-state index is 5.55. The maximum Gasteiger partial charge on any atom is 0.126 e. The molecule has 0 aliphatic rings. The number of nitrogens with zero attached hydrogens (tertiary/aromatic N) is 3. The zero-order valence-corrected chi connectivity index (χ0v) is 9.22. The van der Waals surface area contributed by atoms with Gasteiger partial charge in [0, 0.05) is 31.9 Å². The van der Waals surface area contributed by atoms with Gasteiger partial charge in [-0.1, -0.05) is 0 Å². The third-order valence-electron chi connectivity index (χ3n) is 2.40. The minimum Gasteiger partial charge on any atom is -0.397 e. The fraction of sp³-hybridized carbons (Fsp3) is 0.273. The van der Waals surface area contributed by atoms with Gasteiger partial charge in [0.2, 0.25) is 0 Å². The Kier molecular flexibility index (Phi) is 3.05. The summed E-state index contributed by atoms with van der Waals surface area (Å²) >= 11 is 0. The lowest BCUT2D eigenvalue weighted by Crippen LogP contribution is -2.09.